The second-order valence-electron chi connectivity index (χ2n) is 9.40. The number of benzene rings is 3. The highest BCUT2D eigenvalue weighted by molar-refractivity contribution is 6.31. The summed E-state index contributed by atoms with van der Waals surface area (Å²) < 4.78 is 12.6. The van der Waals surface area contributed by atoms with Crippen LogP contribution in [0.1, 0.15) is 30.0 Å². The molecule has 1 aromatic heterocycles. The maximum Gasteiger partial charge on any atom is 0.247 e. The topological polar surface area (TPSA) is 98.6 Å². The maximum absolute atomic E-state index is 14.0. The minimum Gasteiger partial charge on any atom is -0.497 e. The van der Waals surface area contributed by atoms with Crippen LogP contribution in [0.2, 0.25) is 5.02 Å². The number of hydrogen-bond donors (Lipinski definition) is 1. The quantitative estimate of drug-likeness (QED) is 0.320. The number of para-hydroxylation sites is 1. The third kappa shape index (κ3) is 6.21. The van der Waals surface area contributed by atoms with Crippen molar-refractivity contribution in [2.45, 2.75) is 38.1 Å². The first kappa shape index (κ1) is 26.6. The molecule has 5 rings (SSSR count). The van der Waals surface area contributed by atoms with Crippen molar-refractivity contribution in [3.63, 3.8) is 0 Å². The van der Waals surface area contributed by atoms with Crippen molar-refractivity contribution in [2.24, 2.45) is 0 Å². The summed E-state index contributed by atoms with van der Waals surface area (Å²) in [6.45, 7) is 1.07. The highest BCUT2D eigenvalue weighted by atomic mass is 35.5. The largest absolute Gasteiger partial charge is 0.497 e. The van der Waals surface area contributed by atoms with E-state index < -0.39 is 6.04 Å². The zero-order valence-corrected chi connectivity index (χ0v) is 22.4. The Bertz CT molecular complexity index is 1440. The van der Waals surface area contributed by atoms with Gasteiger partial charge in [0.15, 0.2) is 0 Å². The van der Waals surface area contributed by atoms with Gasteiger partial charge in [-0.25, -0.2) is 4.68 Å². The number of carbonyl (C=O) groups is 2. The summed E-state index contributed by atoms with van der Waals surface area (Å²) in [5.41, 5.74) is 2.78. The maximum atomic E-state index is 14.0. The number of halogens is 1. The molecule has 3 aromatic carbocycles. The van der Waals surface area contributed by atoms with E-state index in [1.807, 2.05) is 42.5 Å². The number of nitrogens with zero attached hydrogens (tertiary/aromatic N) is 4. The lowest BCUT2D eigenvalue weighted by Crippen LogP contribution is -2.46. The number of rotatable bonds is 10. The third-order valence-corrected chi connectivity index (χ3v) is 7.21. The predicted octanol–water partition coefficient (Wildman–Crippen LogP) is 4.16. The molecule has 1 aliphatic heterocycles. The van der Waals surface area contributed by atoms with Gasteiger partial charge in [0.2, 0.25) is 11.8 Å². The van der Waals surface area contributed by atoms with Crippen LogP contribution in [0.5, 0.6) is 5.75 Å². The van der Waals surface area contributed by atoms with Crippen LogP contribution in [-0.2, 0) is 27.4 Å². The minimum absolute atomic E-state index is 0.0419. The molecule has 0 aliphatic carbocycles. The highest BCUT2D eigenvalue weighted by Gasteiger charge is 2.33. The number of methoxy groups -OCH3 is 1. The van der Waals surface area contributed by atoms with Crippen LogP contribution in [0.4, 0.5) is 0 Å². The molecule has 9 nitrogen and oxygen atoms in total. The molecule has 1 saturated heterocycles. The fraction of sp³-hybridized carbons (Fsp3) is 0.310. The summed E-state index contributed by atoms with van der Waals surface area (Å²) in [4.78, 5) is 29.4. The van der Waals surface area contributed by atoms with Crippen molar-refractivity contribution >= 4 is 34.4 Å². The van der Waals surface area contributed by atoms with Crippen molar-refractivity contribution in [3.8, 4) is 5.75 Å². The SMILES string of the molecule is COc1ccc([C@@H](C(=O)NC[C@@H]2CCCO2)N(Cc2ccccc2Cl)C(=O)Cn2nnc3ccccc32)cc1. The summed E-state index contributed by atoms with van der Waals surface area (Å²) >= 11 is 6.51. The van der Waals surface area contributed by atoms with Crippen LogP contribution < -0.4 is 10.1 Å². The Hall–Kier alpha value is -3.95. The van der Waals surface area contributed by atoms with Gasteiger partial charge in [0.1, 0.15) is 23.9 Å². The third-order valence-electron chi connectivity index (χ3n) is 6.84. The van der Waals surface area contributed by atoms with E-state index in [1.54, 1.807) is 47.0 Å². The zero-order valence-electron chi connectivity index (χ0n) is 21.6. The van der Waals surface area contributed by atoms with Gasteiger partial charge >= 0.3 is 0 Å². The summed E-state index contributed by atoms with van der Waals surface area (Å²) in [6.07, 6.45) is 1.81. The van der Waals surface area contributed by atoms with E-state index in [2.05, 4.69) is 15.6 Å². The molecule has 0 radical (unpaired) electrons. The summed E-state index contributed by atoms with van der Waals surface area (Å²) in [5, 5.41) is 11.9. The molecular formula is C29H30ClN5O4. The van der Waals surface area contributed by atoms with Gasteiger partial charge in [0.05, 0.1) is 18.7 Å². The molecule has 1 aliphatic rings. The summed E-state index contributed by atoms with van der Waals surface area (Å²) in [7, 11) is 1.58. The lowest BCUT2D eigenvalue weighted by atomic mass is 10.0. The van der Waals surface area contributed by atoms with Crippen LogP contribution in [-0.4, -0.2) is 58.1 Å². The zero-order chi connectivity index (χ0) is 27.2. The number of hydrogen-bond acceptors (Lipinski definition) is 6. The van der Waals surface area contributed by atoms with Gasteiger partial charge in [-0.05, 0) is 54.3 Å². The van der Waals surface area contributed by atoms with Crippen LogP contribution >= 0.6 is 11.6 Å². The van der Waals surface area contributed by atoms with Crippen molar-refractivity contribution in [3.05, 3.63) is 88.9 Å². The number of ether oxygens (including phenoxy) is 2. The molecule has 1 N–H and O–H groups in total. The smallest absolute Gasteiger partial charge is 0.247 e. The highest BCUT2D eigenvalue weighted by Crippen LogP contribution is 2.28. The van der Waals surface area contributed by atoms with E-state index in [-0.39, 0.29) is 31.0 Å². The molecule has 0 spiro atoms. The van der Waals surface area contributed by atoms with E-state index in [0.717, 1.165) is 23.9 Å². The number of nitrogens with one attached hydrogen (secondary N) is 1. The normalized spacial score (nSPS) is 15.7. The Morgan fingerprint density at radius 2 is 1.90 bits per heavy atom. The molecule has 2 atom stereocenters. The van der Waals surface area contributed by atoms with E-state index in [0.29, 0.717) is 35.0 Å². The molecule has 0 bridgehead atoms. The molecule has 2 heterocycles. The van der Waals surface area contributed by atoms with Crippen LogP contribution in [0.15, 0.2) is 72.8 Å². The predicted molar refractivity (Wildman–Crippen MR) is 147 cm³/mol. The Morgan fingerprint density at radius 1 is 1.13 bits per heavy atom. The Morgan fingerprint density at radius 3 is 2.64 bits per heavy atom. The van der Waals surface area contributed by atoms with Crippen molar-refractivity contribution in [2.75, 3.05) is 20.3 Å². The molecular weight excluding hydrogens is 518 g/mol. The average molecular weight is 548 g/mol. The lowest BCUT2D eigenvalue weighted by molar-refractivity contribution is -0.142. The lowest BCUT2D eigenvalue weighted by Gasteiger charge is -2.32. The molecule has 39 heavy (non-hydrogen) atoms. The van der Waals surface area contributed by atoms with Crippen molar-refractivity contribution in [1.82, 2.24) is 25.2 Å². The number of amides is 2. The summed E-state index contributed by atoms with van der Waals surface area (Å²) in [5.74, 6) is 0.0357. The van der Waals surface area contributed by atoms with E-state index in [1.165, 1.54) is 0 Å². The first-order valence-electron chi connectivity index (χ1n) is 12.9. The number of carbonyl (C=O) groups excluding carboxylic acids is 2. The first-order valence-corrected chi connectivity index (χ1v) is 13.3. The Balaban J connectivity index is 1.51. The van der Waals surface area contributed by atoms with Gasteiger partial charge in [-0.2, -0.15) is 0 Å². The molecule has 4 aromatic rings. The second kappa shape index (κ2) is 12.3. The molecule has 0 saturated carbocycles. The van der Waals surface area contributed by atoms with Crippen LogP contribution in [0, 0.1) is 0 Å². The Labute approximate surface area is 231 Å². The number of fused-ring (bicyclic) bond motifs is 1. The fourth-order valence-electron chi connectivity index (χ4n) is 4.76. The molecule has 2 amide bonds. The van der Waals surface area contributed by atoms with Gasteiger partial charge in [-0.3, -0.25) is 9.59 Å². The van der Waals surface area contributed by atoms with Gasteiger partial charge in [0.25, 0.3) is 0 Å². The van der Waals surface area contributed by atoms with Crippen LogP contribution in [0.3, 0.4) is 0 Å². The molecule has 10 heteroatoms. The fourth-order valence-corrected chi connectivity index (χ4v) is 4.96. The summed E-state index contributed by atoms with van der Waals surface area (Å²) in [6, 6.07) is 20.9. The van der Waals surface area contributed by atoms with E-state index in [9.17, 15) is 9.59 Å². The first-order chi connectivity index (χ1) is 19.0. The van der Waals surface area contributed by atoms with Gasteiger partial charge in [-0.15, -0.1) is 5.10 Å². The standard InChI is InChI=1S/C29H30ClN5O4/c1-38-22-14-12-20(13-15-22)28(29(37)31-17-23-8-6-16-39-23)34(18-21-7-2-3-9-24(21)30)27(36)19-35-26-11-5-4-10-25(26)32-33-35/h2-5,7,9-15,23,28H,6,8,16-19H2,1H3,(H,31,37)/t23-,28-/m0/s1. The average Bonchev–Trinajstić information content (AvgIpc) is 3.63. The van der Waals surface area contributed by atoms with Gasteiger partial charge < -0.3 is 19.7 Å². The van der Waals surface area contributed by atoms with Crippen LogP contribution in [0.25, 0.3) is 11.0 Å². The second-order valence-corrected chi connectivity index (χ2v) is 9.81. The number of aromatic nitrogens is 3. The van der Waals surface area contributed by atoms with E-state index >= 15 is 0 Å². The van der Waals surface area contributed by atoms with Gasteiger partial charge in [-0.1, -0.05) is 59.3 Å². The molecule has 0 unspecified atom stereocenters. The van der Waals surface area contributed by atoms with Crippen molar-refractivity contribution < 1.29 is 19.1 Å². The monoisotopic (exact) mass is 547 g/mol. The van der Waals surface area contributed by atoms with Gasteiger partial charge in [0, 0.05) is 24.7 Å². The van der Waals surface area contributed by atoms with Crippen molar-refractivity contribution in [1.29, 1.82) is 0 Å². The van der Waals surface area contributed by atoms with E-state index in [4.69, 9.17) is 21.1 Å². The Kier molecular flexibility index (Phi) is 8.39. The molecule has 1 fully saturated rings. The molecule has 202 valence electrons. The minimum atomic E-state index is -0.934.